The molecule has 0 aromatic carbocycles. The molecule has 1 aromatic rings. The van der Waals surface area contributed by atoms with Crippen molar-refractivity contribution >= 4 is 5.78 Å². The van der Waals surface area contributed by atoms with Crippen molar-refractivity contribution in [1.82, 2.24) is 4.98 Å². The normalized spacial score (nSPS) is 11.8. The third kappa shape index (κ3) is 14.1. The van der Waals surface area contributed by atoms with Crippen LogP contribution in [0.1, 0.15) is 119 Å². The van der Waals surface area contributed by atoms with E-state index in [1.54, 1.807) is 12.1 Å². The van der Waals surface area contributed by atoms with Gasteiger partial charge in [-0.1, -0.05) is 82.6 Å². The molecule has 0 fully saturated rings. The molecule has 0 unspecified atom stereocenters. The van der Waals surface area contributed by atoms with Crippen molar-refractivity contribution in [1.29, 1.82) is 0 Å². The van der Waals surface area contributed by atoms with Gasteiger partial charge in [-0.3, -0.25) is 4.79 Å². The van der Waals surface area contributed by atoms with Crippen LogP contribution >= 0.6 is 0 Å². The van der Waals surface area contributed by atoms with E-state index < -0.39 is 0 Å². The quantitative estimate of drug-likeness (QED) is 0.142. The lowest BCUT2D eigenvalue weighted by molar-refractivity contribution is 0.0974. The van der Waals surface area contributed by atoms with Gasteiger partial charge in [0, 0.05) is 12.1 Å². The highest BCUT2D eigenvalue weighted by Gasteiger charge is 2.07. The minimum absolute atomic E-state index is 0.0416. The Balaban J connectivity index is 1.84. The number of aliphatic hydroxyl groups excluding tert-OH is 1. The summed E-state index contributed by atoms with van der Waals surface area (Å²) in [6, 6.07) is 3.55. The van der Waals surface area contributed by atoms with Gasteiger partial charge in [0.05, 0.1) is 12.3 Å². The maximum Gasteiger partial charge on any atom is 0.179 e. The molecule has 0 bridgehead atoms. The highest BCUT2D eigenvalue weighted by atomic mass is 16.3. The lowest BCUT2D eigenvalue weighted by atomic mass is 10.0. The van der Waals surface area contributed by atoms with Crippen LogP contribution in [-0.2, 0) is 6.61 Å². The van der Waals surface area contributed by atoms with Crippen LogP contribution < -0.4 is 0 Å². The summed E-state index contributed by atoms with van der Waals surface area (Å²) in [6.07, 6.45) is 27.2. The summed E-state index contributed by atoms with van der Waals surface area (Å²) in [5, 5.41) is 9.02. The molecule has 29 heavy (non-hydrogen) atoms. The standard InChI is InChI=1S/C26H43NO2/c1-2-3-4-5-6-7-8-9-10-11-12-13-14-15-16-17-18-19-20-26(29)25-22-21-24(23-28)27-25/h6-7,9-10,21-22,27-28H,2-5,8,11-20,23H2,1H3. The van der Waals surface area contributed by atoms with Crippen LogP contribution in [0.5, 0.6) is 0 Å². The number of hydrogen-bond donors (Lipinski definition) is 2. The first kappa shape index (κ1) is 25.4. The van der Waals surface area contributed by atoms with E-state index in [9.17, 15) is 4.79 Å². The molecule has 164 valence electrons. The maximum atomic E-state index is 12.0. The van der Waals surface area contributed by atoms with E-state index in [2.05, 4.69) is 36.2 Å². The van der Waals surface area contributed by atoms with Gasteiger partial charge in [-0.2, -0.15) is 0 Å². The number of nitrogens with one attached hydrogen (secondary N) is 1. The van der Waals surface area contributed by atoms with Crippen molar-refractivity contribution in [3.63, 3.8) is 0 Å². The highest BCUT2D eigenvalue weighted by Crippen LogP contribution is 2.13. The Labute approximate surface area is 178 Å². The lowest BCUT2D eigenvalue weighted by Crippen LogP contribution is -1.99. The minimum Gasteiger partial charge on any atom is -0.390 e. The van der Waals surface area contributed by atoms with Gasteiger partial charge in [-0.15, -0.1) is 0 Å². The SMILES string of the molecule is CCCCCC=CCC=CCCCCCCCCCCC(=O)c1ccc(CO)[nH]1. The number of hydrogen-bond acceptors (Lipinski definition) is 2. The van der Waals surface area contributed by atoms with Crippen molar-refractivity contribution < 1.29 is 9.90 Å². The van der Waals surface area contributed by atoms with Gasteiger partial charge in [0.2, 0.25) is 0 Å². The zero-order valence-electron chi connectivity index (χ0n) is 18.6. The number of Topliss-reactive ketones (excluding diaryl/α,β-unsaturated/α-hetero) is 1. The molecular formula is C26H43NO2. The maximum absolute atomic E-state index is 12.0. The van der Waals surface area contributed by atoms with Gasteiger partial charge >= 0.3 is 0 Å². The summed E-state index contributed by atoms with van der Waals surface area (Å²) in [7, 11) is 0. The number of H-pyrrole nitrogens is 1. The van der Waals surface area contributed by atoms with Gasteiger partial charge in [-0.25, -0.2) is 0 Å². The Morgan fingerprint density at radius 2 is 1.41 bits per heavy atom. The summed E-state index contributed by atoms with van der Waals surface area (Å²) in [6.45, 7) is 2.21. The Bertz CT molecular complexity index is 571. The molecule has 0 aliphatic heterocycles. The number of aromatic amines is 1. The van der Waals surface area contributed by atoms with Crippen molar-refractivity contribution in [3.8, 4) is 0 Å². The lowest BCUT2D eigenvalue weighted by Gasteiger charge is -2.02. The average molecular weight is 402 g/mol. The predicted octanol–water partition coefficient (Wildman–Crippen LogP) is 7.67. The fourth-order valence-electron chi connectivity index (χ4n) is 3.46. The van der Waals surface area contributed by atoms with E-state index >= 15 is 0 Å². The van der Waals surface area contributed by atoms with Crippen LogP contribution in [0.3, 0.4) is 0 Å². The second-order valence-corrected chi connectivity index (χ2v) is 8.02. The monoisotopic (exact) mass is 401 g/mol. The number of allylic oxidation sites excluding steroid dienone is 4. The average Bonchev–Trinajstić information content (AvgIpc) is 3.22. The van der Waals surface area contributed by atoms with Gasteiger partial charge in [0.25, 0.3) is 0 Å². The Kier molecular flexibility index (Phi) is 16.2. The van der Waals surface area contributed by atoms with Crippen molar-refractivity contribution in [2.45, 2.75) is 110 Å². The number of rotatable bonds is 19. The first-order valence-corrected chi connectivity index (χ1v) is 11.9. The summed E-state index contributed by atoms with van der Waals surface area (Å²) in [5.74, 6) is 0.157. The first-order valence-electron chi connectivity index (χ1n) is 11.9. The molecule has 3 heteroatoms. The van der Waals surface area contributed by atoms with Crippen molar-refractivity contribution in [3.05, 3.63) is 47.8 Å². The molecule has 0 radical (unpaired) electrons. The number of carbonyl (C=O) groups excluding carboxylic acids is 1. The van der Waals surface area contributed by atoms with Crippen LogP contribution in [0.15, 0.2) is 36.4 Å². The summed E-state index contributed by atoms with van der Waals surface area (Å²) >= 11 is 0. The van der Waals surface area contributed by atoms with E-state index in [0.29, 0.717) is 17.8 Å². The number of aromatic nitrogens is 1. The third-order valence-corrected chi connectivity index (χ3v) is 5.32. The van der Waals surface area contributed by atoms with Crippen LogP contribution in [0.4, 0.5) is 0 Å². The molecule has 1 aromatic heterocycles. The van der Waals surface area contributed by atoms with Gasteiger partial charge in [0.15, 0.2) is 5.78 Å². The predicted molar refractivity (Wildman–Crippen MR) is 124 cm³/mol. The summed E-state index contributed by atoms with van der Waals surface area (Å²) in [4.78, 5) is 15.0. The molecule has 0 atom stereocenters. The van der Waals surface area contributed by atoms with E-state index in [0.717, 1.165) is 19.3 Å². The number of unbranched alkanes of at least 4 members (excludes halogenated alkanes) is 11. The molecule has 3 nitrogen and oxygen atoms in total. The van der Waals surface area contributed by atoms with Crippen LogP contribution in [-0.4, -0.2) is 15.9 Å². The zero-order valence-corrected chi connectivity index (χ0v) is 18.6. The van der Waals surface area contributed by atoms with Crippen LogP contribution in [0.25, 0.3) is 0 Å². The second-order valence-electron chi connectivity index (χ2n) is 8.02. The van der Waals surface area contributed by atoms with Gasteiger partial charge in [0.1, 0.15) is 0 Å². The summed E-state index contributed by atoms with van der Waals surface area (Å²) < 4.78 is 0. The molecule has 2 N–H and O–H groups in total. The Morgan fingerprint density at radius 1 is 0.828 bits per heavy atom. The Hall–Kier alpha value is -1.61. The van der Waals surface area contributed by atoms with Crippen LogP contribution in [0, 0.1) is 0 Å². The molecule has 0 amide bonds. The van der Waals surface area contributed by atoms with Gasteiger partial charge < -0.3 is 10.1 Å². The molecular weight excluding hydrogens is 358 g/mol. The van der Waals surface area contributed by atoms with E-state index in [-0.39, 0.29) is 12.4 Å². The van der Waals surface area contributed by atoms with Crippen molar-refractivity contribution in [2.75, 3.05) is 0 Å². The smallest absolute Gasteiger partial charge is 0.179 e. The third-order valence-electron chi connectivity index (χ3n) is 5.32. The molecule has 0 aliphatic rings. The fourth-order valence-corrected chi connectivity index (χ4v) is 3.46. The second kappa shape index (κ2) is 18.4. The highest BCUT2D eigenvalue weighted by molar-refractivity contribution is 5.94. The van der Waals surface area contributed by atoms with Crippen LogP contribution in [0.2, 0.25) is 0 Å². The molecule has 1 heterocycles. The molecule has 0 spiro atoms. The van der Waals surface area contributed by atoms with Crippen molar-refractivity contribution in [2.24, 2.45) is 0 Å². The molecule has 1 rings (SSSR count). The van der Waals surface area contributed by atoms with Gasteiger partial charge in [-0.05, 0) is 50.7 Å². The number of carbonyl (C=O) groups is 1. The fraction of sp³-hybridized carbons (Fsp3) is 0.654. The Morgan fingerprint density at radius 3 is 2.00 bits per heavy atom. The molecule has 0 aliphatic carbocycles. The minimum atomic E-state index is -0.0416. The first-order chi connectivity index (χ1) is 14.3. The summed E-state index contributed by atoms with van der Waals surface area (Å²) in [5.41, 5.74) is 1.34. The van der Waals surface area contributed by atoms with E-state index in [4.69, 9.17) is 5.11 Å². The van der Waals surface area contributed by atoms with E-state index in [1.807, 2.05) is 0 Å². The number of aliphatic hydroxyl groups is 1. The number of ketones is 1. The molecule has 0 saturated heterocycles. The largest absolute Gasteiger partial charge is 0.390 e. The van der Waals surface area contributed by atoms with E-state index in [1.165, 1.54) is 70.6 Å². The molecule has 0 saturated carbocycles. The zero-order chi connectivity index (χ0) is 21.0. The topological polar surface area (TPSA) is 53.1 Å².